The molecule has 0 radical (unpaired) electrons. The predicted molar refractivity (Wildman–Crippen MR) is 141 cm³/mol. The van der Waals surface area contributed by atoms with Crippen molar-refractivity contribution in [1.29, 1.82) is 0 Å². The zero-order valence-electron chi connectivity index (χ0n) is 14.4. The molecule has 0 aromatic heterocycles. The molecular weight excluding hydrogens is 821 g/mol. The van der Waals surface area contributed by atoms with Crippen LogP contribution in [0.4, 0.5) is 0 Å². The first kappa shape index (κ1) is 22.2. The van der Waals surface area contributed by atoms with Gasteiger partial charge in [-0.1, -0.05) is 0 Å². The van der Waals surface area contributed by atoms with Crippen molar-refractivity contribution in [1.82, 2.24) is 0 Å². The molecule has 0 saturated heterocycles. The molecule has 0 bridgehead atoms. The van der Waals surface area contributed by atoms with Crippen molar-refractivity contribution in [3.05, 3.63) is 79.9 Å². The van der Waals surface area contributed by atoms with Crippen molar-refractivity contribution in [2.75, 3.05) is 0 Å². The second-order valence-corrected chi connectivity index (χ2v) is 22.0. The Morgan fingerprint density at radius 3 is 2.75 bits per heavy atom. The van der Waals surface area contributed by atoms with E-state index in [0.717, 1.165) is 17.0 Å². The van der Waals surface area contributed by atoms with E-state index < -0.39 is 20.1 Å². The predicted octanol–water partition coefficient (Wildman–Crippen LogP) is 5.58. The van der Waals surface area contributed by atoms with Crippen molar-refractivity contribution in [2.24, 2.45) is 3.21 Å². The third kappa shape index (κ3) is 4.60. The summed E-state index contributed by atoms with van der Waals surface area (Å²) in [7, 11) is 0. The molecule has 28 heavy (non-hydrogen) atoms. The molecule has 0 N–H and O–H groups in total. The summed E-state index contributed by atoms with van der Waals surface area (Å²) in [5.74, 6) is 0. The van der Waals surface area contributed by atoms with Crippen LogP contribution in [0.2, 0.25) is 15.1 Å². The summed E-state index contributed by atoms with van der Waals surface area (Å²) in [6.07, 6.45) is 5.39. The Morgan fingerprint density at radius 2 is 1.96 bits per heavy atom. The van der Waals surface area contributed by atoms with Crippen molar-refractivity contribution in [3.8, 4) is 0 Å². The molecule has 2 aliphatic rings. The Balaban J connectivity index is 1.77. The van der Waals surface area contributed by atoms with Crippen LogP contribution in [0.1, 0.15) is 18.1 Å². The SMILES string of the molecule is CCc1cc([I-]C2=CC(c3cccc(Cl)c3Cl)=IC3=C(Br)C=NI23)ccc1Cl. The Hall–Kier alpha value is 1.000. The summed E-state index contributed by atoms with van der Waals surface area (Å²) < 4.78 is 12.0. The standard InChI is InChI=1S/C20H13BrCl3I3N/c1-2-11-8-12(6-7-15(11)22)25-18-9-17(13-4-3-5-16(23)19(13)24)26-20-14(21)10-28-27(18)20/h3-10H,2H2,1H3/q-1. The van der Waals surface area contributed by atoms with E-state index in [9.17, 15) is 0 Å². The molecule has 0 fully saturated rings. The quantitative estimate of drug-likeness (QED) is 0.357. The van der Waals surface area contributed by atoms with E-state index in [1.807, 2.05) is 24.4 Å². The maximum atomic E-state index is 6.55. The molecule has 0 saturated carbocycles. The van der Waals surface area contributed by atoms with E-state index in [1.54, 1.807) is 3.17 Å². The monoisotopic (exact) mass is 832 g/mol. The molecule has 0 aliphatic carbocycles. The molecule has 2 aliphatic heterocycles. The van der Waals surface area contributed by atoms with Gasteiger partial charge in [0.1, 0.15) is 0 Å². The third-order valence-corrected chi connectivity index (χ3v) is 23.4. The van der Waals surface area contributed by atoms with E-state index in [1.165, 1.54) is 17.1 Å². The van der Waals surface area contributed by atoms with Crippen molar-refractivity contribution >= 4 is 101 Å². The average Bonchev–Trinajstić information content (AvgIpc) is 3.06. The zero-order valence-corrected chi connectivity index (χ0v) is 24.7. The van der Waals surface area contributed by atoms with Gasteiger partial charge in [-0.2, -0.15) is 0 Å². The van der Waals surface area contributed by atoms with Crippen LogP contribution in [-0.2, 0) is 6.42 Å². The molecule has 0 amide bonds. The van der Waals surface area contributed by atoms with Gasteiger partial charge in [0.15, 0.2) is 0 Å². The molecule has 2 aromatic carbocycles. The zero-order chi connectivity index (χ0) is 19.8. The number of aryl methyl sites for hydroxylation is 1. The van der Waals surface area contributed by atoms with Crippen LogP contribution in [-0.4, -0.2) is 9.72 Å². The van der Waals surface area contributed by atoms with Crippen LogP contribution >= 0.6 is 91.6 Å². The molecule has 148 valence electrons. The fourth-order valence-corrected chi connectivity index (χ4v) is 26.3. The fourth-order valence-electron chi connectivity index (χ4n) is 2.59. The number of fused-ring (bicyclic) bond motifs is 1. The topological polar surface area (TPSA) is 12.4 Å². The first-order valence-corrected chi connectivity index (χ1v) is 17.6. The van der Waals surface area contributed by atoms with Crippen LogP contribution in [0.5, 0.6) is 0 Å². The van der Waals surface area contributed by atoms with Gasteiger partial charge in [0.05, 0.1) is 0 Å². The van der Waals surface area contributed by atoms with E-state index in [4.69, 9.17) is 38.0 Å². The summed E-state index contributed by atoms with van der Waals surface area (Å²) in [6, 6.07) is 12.4. The molecule has 2 heterocycles. The van der Waals surface area contributed by atoms with E-state index >= 15 is 0 Å². The Morgan fingerprint density at radius 1 is 1.14 bits per heavy atom. The normalized spacial score (nSPS) is 17.4. The van der Waals surface area contributed by atoms with Crippen LogP contribution in [0.3, 0.4) is 0 Å². The van der Waals surface area contributed by atoms with Crippen molar-refractivity contribution < 1.29 is 21.2 Å². The number of hydrogen-bond acceptors (Lipinski definition) is 1. The second-order valence-electron chi connectivity index (χ2n) is 5.76. The number of halogens is 7. The van der Waals surface area contributed by atoms with Gasteiger partial charge < -0.3 is 0 Å². The number of hydrogen-bond donors (Lipinski definition) is 0. The summed E-state index contributed by atoms with van der Waals surface area (Å²) in [4.78, 5) is 0. The minimum absolute atomic E-state index is 0.291. The van der Waals surface area contributed by atoms with Gasteiger partial charge in [-0.15, -0.1) is 0 Å². The van der Waals surface area contributed by atoms with E-state index in [-0.39, 0.29) is 41.9 Å². The number of allylic oxidation sites excluding steroid dienone is 2. The maximum absolute atomic E-state index is 6.55. The number of rotatable bonds is 4. The van der Waals surface area contributed by atoms with Crippen LogP contribution in [0.25, 0.3) is 0 Å². The summed E-state index contributed by atoms with van der Waals surface area (Å²) in [6.45, 7) is 2.15. The molecule has 0 spiro atoms. The minimum atomic E-state index is -1.63. The Labute approximate surface area is 215 Å². The molecule has 8 heteroatoms. The van der Waals surface area contributed by atoms with Gasteiger partial charge in [-0.25, -0.2) is 0 Å². The van der Waals surface area contributed by atoms with Gasteiger partial charge in [0.2, 0.25) is 0 Å². The fraction of sp³-hybridized carbons (Fsp3) is 0.100. The average molecular weight is 834 g/mol. The van der Waals surface area contributed by atoms with Gasteiger partial charge in [0, 0.05) is 0 Å². The summed E-state index contributed by atoms with van der Waals surface area (Å²) in [5.41, 5.74) is 2.30. The number of nitrogens with zero attached hydrogens (tertiary/aromatic N) is 1. The first-order chi connectivity index (χ1) is 13.5. The molecule has 0 unspecified atom stereocenters. The molecule has 4 rings (SSSR count). The first-order valence-electron chi connectivity index (χ1n) is 8.23. The van der Waals surface area contributed by atoms with Crippen LogP contribution in [0, 0.1) is 3.57 Å². The summed E-state index contributed by atoms with van der Waals surface area (Å²) >= 11 is 20.7. The van der Waals surface area contributed by atoms with Crippen LogP contribution < -0.4 is 21.2 Å². The van der Waals surface area contributed by atoms with Gasteiger partial charge in [-0.05, 0) is 0 Å². The van der Waals surface area contributed by atoms with Gasteiger partial charge >= 0.3 is 219 Å². The number of benzene rings is 2. The Bertz CT molecular complexity index is 1090. The second kappa shape index (κ2) is 9.65. The van der Waals surface area contributed by atoms with E-state index in [0.29, 0.717) is 10.0 Å². The third-order valence-electron chi connectivity index (χ3n) is 3.99. The van der Waals surface area contributed by atoms with Crippen LogP contribution in [0.15, 0.2) is 53.3 Å². The van der Waals surface area contributed by atoms with Gasteiger partial charge in [0.25, 0.3) is 0 Å². The summed E-state index contributed by atoms with van der Waals surface area (Å²) in [5, 5.41) is 2.13. The van der Waals surface area contributed by atoms with Gasteiger partial charge in [-0.3, -0.25) is 0 Å². The Kier molecular flexibility index (Phi) is 7.65. The van der Waals surface area contributed by atoms with E-state index in [2.05, 4.69) is 47.1 Å². The molecule has 2 aromatic rings. The molecule has 0 atom stereocenters. The van der Waals surface area contributed by atoms with Crippen molar-refractivity contribution in [3.63, 3.8) is 0 Å². The molecular formula is C20H13BrCl3I3N-. The molecule has 1 nitrogen and oxygen atoms in total. The van der Waals surface area contributed by atoms with Crippen molar-refractivity contribution in [2.45, 2.75) is 13.3 Å².